The van der Waals surface area contributed by atoms with Crippen molar-refractivity contribution in [2.75, 3.05) is 13.7 Å². The summed E-state index contributed by atoms with van der Waals surface area (Å²) >= 11 is 0. The van der Waals surface area contributed by atoms with Crippen LogP contribution in [0.15, 0.2) is 77.4 Å². The van der Waals surface area contributed by atoms with Crippen molar-refractivity contribution in [1.29, 1.82) is 0 Å². The van der Waals surface area contributed by atoms with E-state index in [0.29, 0.717) is 31.3 Å². The van der Waals surface area contributed by atoms with E-state index in [0.717, 1.165) is 47.6 Å². The lowest BCUT2D eigenvalue weighted by Gasteiger charge is -2.25. The van der Waals surface area contributed by atoms with Gasteiger partial charge in [-0.15, -0.1) is 0 Å². The summed E-state index contributed by atoms with van der Waals surface area (Å²) in [6.45, 7) is 3.75. The van der Waals surface area contributed by atoms with E-state index in [1.165, 1.54) is 0 Å². The normalized spacial score (nSPS) is 12.1. The maximum Gasteiger partial charge on any atom is 0.222 e. The Balaban J connectivity index is 1.70. The molecule has 0 unspecified atom stereocenters. The highest BCUT2D eigenvalue weighted by Gasteiger charge is 2.24. The lowest BCUT2D eigenvalue weighted by atomic mass is 10.1. The number of aryl methyl sites for hydroxylation is 1. The van der Waals surface area contributed by atoms with Crippen LogP contribution in [0.5, 0.6) is 17.4 Å². The number of aromatic nitrogens is 2. The van der Waals surface area contributed by atoms with Crippen molar-refractivity contribution in [2.24, 2.45) is 7.05 Å². The Labute approximate surface area is 212 Å². The fourth-order valence-corrected chi connectivity index (χ4v) is 4.29. The van der Waals surface area contributed by atoms with Crippen LogP contribution < -0.4 is 9.47 Å². The molecule has 0 aliphatic heterocycles. The molecule has 0 amide bonds. The van der Waals surface area contributed by atoms with E-state index < -0.39 is 6.10 Å². The van der Waals surface area contributed by atoms with Gasteiger partial charge < -0.3 is 19.0 Å². The Morgan fingerprint density at radius 2 is 1.83 bits per heavy atom. The zero-order chi connectivity index (χ0) is 25.3. The molecule has 190 valence electrons. The Morgan fingerprint density at radius 1 is 1.03 bits per heavy atom. The molecule has 0 aliphatic rings. The molecule has 0 bridgehead atoms. The highest BCUT2D eigenvalue weighted by molar-refractivity contribution is 5.65. The van der Waals surface area contributed by atoms with Gasteiger partial charge in [0.25, 0.3) is 0 Å². The van der Waals surface area contributed by atoms with Crippen LogP contribution in [-0.4, -0.2) is 39.5 Å². The number of aliphatic hydroxyl groups excluding tert-OH is 1. The predicted octanol–water partition coefficient (Wildman–Crippen LogP) is 6.03. The first-order valence-corrected chi connectivity index (χ1v) is 12.4. The molecule has 0 fully saturated rings. The van der Waals surface area contributed by atoms with Crippen LogP contribution in [-0.2, 0) is 20.1 Å². The molecule has 1 atom stereocenters. The molecule has 7 heteroatoms. The number of hydrogen-bond acceptors (Lipinski definition) is 6. The smallest absolute Gasteiger partial charge is 0.222 e. The molecule has 2 aromatic heterocycles. The van der Waals surface area contributed by atoms with Crippen molar-refractivity contribution in [3.63, 3.8) is 0 Å². The Bertz CT molecular complexity index is 1200. The maximum absolute atomic E-state index is 10.8. The molecule has 0 radical (unpaired) electrons. The second-order valence-corrected chi connectivity index (χ2v) is 8.95. The average Bonchev–Trinajstić information content (AvgIpc) is 3.51. The fraction of sp³-hybridized carbons (Fsp3) is 0.345. The maximum atomic E-state index is 10.8. The summed E-state index contributed by atoms with van der Waals surface area (Å²) in [5.74, 6) is 2.88. The highest BCUT2D eigenvalue weighted by atomic mass is 16.5. The molecule has 0 saturated carbocycles. The number of rotatable bonds is 13. The first-order valence-electron chi connectivity index (χ1n) is 12.4. The van der Waals surface area contributed by atoms with Crippen LogP contribution in [0.3, 0.4) is 0 Å². The Kier molecular flexibility index (Phi) is 8.81. The summed E-state index contributed by atoms with van der Waals surface area (Å²) in [4.78, 5) is 2.20. The van der Waals surface area contributed by atoms with Gasteiger partial charge in [0.15, 0.2) is 0 Å². The standard InChI is InChI=1S/C29H35N3O4/c1-4-5-13-23(33)19-32(20-26-16-10-17-35-26)21-27-28(22-11-7-6-8-12-22)30-31(2)29(27)36-25-15-9-14-24(18-25)34-3/h6-12,14-18,23,33H,4-5,13,19-21H2,1-3H3/t23-/m0/s1. The van der Waals surface area contributed by atoms with Gasteiger partial charge in [-0.2, -0.15) is 5.10 Å². The SMILES string of the molecule is CCCC[C@H](O)CN(Cc1ccco1)Cc1c(-c2ccccc2)nn(C)c1Oc1cccc(OC)c1. The predicted molar refractivity (Wildman–Crippen MR) is 140 cm³/mol. The molecule has 7 nitrogen and oxygen atoms in total. The number of furan rings is 1. The lowest BCUT2D eigenvalue weighted by Crippen LogP contribution is -2.32. The molecule has 2 heterocycles. The van der Waals surface area contributed by atoms with Crippen LogP contribution in [0, 0.1) is 0 Å². The molecule has 0 saturated heterocycles. The lowest BCUT2D eigenvalue weighted by molar-refractivity contribution is 0.0917. The van der Waals surface area contributed by atoms with Gasteiger partial charge in [0, 0.05) is 31.8 Å². The molecule has 36 heavy (non-hydrogen) atoms. The van der Waals surface area contributed by atoms with Crippen molar-refractivity contribution in [3.8, 4) is 28.6 Å². The van der Waals surface area contributed by atoms with Gasteiger partial charge in [-0.25, -0.2) is 4.68 Å². The minimum atomic E-state index is -0.431. The van der Waals surface area contributed by atoms with E-state index in [4.69, 9.17) is 19.0 Å². The van der Waals surface area contributed by atoms with E-state index in [1.807, 2.05) is 73.8 Å². The topological polar surface area (TPSA) is 72.9 Å². The monoisotopic (exact) mass is 489 g/mol. The van der Waals surface area contributed by atoms with E-state index in [2.05, 4.69) is 11.8 Å². The van der Waals surface area contributed by atoms with Gasteiger partial charge in [-0.05, 0) is 30.7 Å². The third-order valence-corrected chi connectivity index (χ3v) is 6.09. The largest absolute Gasteiger partial charge is 0.497 e. The van der Waals surface area contributed by atoms with Crippen molar-refractivity contribution in [3.05, 3.63) is 84.3 Å². The molecule has 4 aromatic rings. The van der Waals surface area contributed by atoms with Crippen LogP contribution in [0.25, 0.3) is 11.3 Å². The van der Waals surface area contributed by atoms with E-state index >= 15 is 0 Å². The number of aliphatic hydroxyl groups is 1. The first kappa shape index (κ1) is 25.5. The zero-order valence-electron chi connectivity index (χ0n) is 21.3. The van der Waals surface area contributed by atoms with Crippen molar-refractivity contribution >= 4 is 0 Å². The van der Waals surface area contributed by atoms with Crippen molar-refractivity contribution in [2.45, 2.75) is 45.4 Å². The van der Waals surface area contributed by atoms with Crippen LogP contribution >= 0.6 is 0 Å². The molecule has 0 spiro atoms. The molecular formula is C29H35N3O4. The quantitative estimate of drug-likeness (QED) is 0.247. The molecule has 0 aliphatic carbocycles. The first-order chi connectivity index (χ1) is 17.6. The minimum Gasteiger partial charge on any atom is -0.497 e. The summed E-state index contributed by atoms with van der Waals surface area (Å²) in [5, 5.41) is 15.6. The minimum absolute atomic E-state index is 0.431. The summed E-state index contributed by atoms with van der Waals surface area (Å²) in [5.41, 5.74) is 2.80. The molecule has 1 N–H and O–H groups in total. The van der Waals surface area contributed by atoms with Gasteiger partial charge in [0.2, 0.25) is 5.88 Å². The Morgan fingerprint density at radius 3 is 2.56 bits per heavy atom. The van der Waals surface area contributed by atoms with E-state index in [1.54, 1.807) is 18.1 Å². The summed E-state index contributed by atoms with van der Waals surface area (Å²) < 4.78 is 19.2. The van der Waals surface area contributed by atoms with Crippen LogP contribution in [0.2, 0.25) is 0 Å². The van der Waals surface area contributed by atoms with Gasteiger partial charge in [0.05, 0.1) is 31.6 Å². The van der Waals surface area contributed by atoms with E-state index in [9.17, 15) is 5.11 Å². The third-order valence-electron chi connectivity index (χ3n) is 6.09. The third kappa shape index (κ3) is 6.56. The van der Waals surface area contributed by atoms with Crippen LogP contribution in [0.1, 0.15) is 37.5 Å². The fourth-order valence-electron chi connectivity index (χ4n) is 4.29. The summed E-state index contributed by atoms with van der Waals surface area (Å²) in [6, 6.07) is 21.5. The number of unbranched alkanes of at least 4 members (excludes halogenated alkanes) is 1. The Hall–Kier alpha value is -3.55. The second-order valence-electron chi connectivity index (χ2n) is 8.95. The van der Waals surface area contributed by atoms with Gasteiger partial charge >= 0.3 is 0 Å². The van der Waals surface area contributed by atoms with Gasteiger partial charge in [-0.1, -0.05) is 56.2 Å². The van der Waals surface area contributed by atoms with Gasteiger partial charge in [0.1, 0.15) is 23.0 Å². The van der Waals surface area contributed by atoms with Crippen molar-refractivity contribution in [1.82, 2.24) is 14.7 Å². The van der Waals surface area contributed by atoms with Crippen LogP contribution in [0.4, 0.5) is 0 Å². The molecular weight excluding hydrogens is 454 g/mol. The zero-order valence-corrected chi connectivity index (χ0v) is 21.3. The summed E-state index contributed by atoms with van der Waals surface area (Å²) in [6.07, 6.45) is 4.05. The molecule has 4 rings (SSSR count). The number of nitrogens with zero attached hydrogens (tertiary/aromatic N) is 3. The van der Waals surface area contributed by atoms with Crippen molar-refractivity contribution < 1.29 is 19.0 Å². The second kappa shape index (κ2) is 12.4. The van der Waals surface area contributed by atoms with Gasteiger partial charge in [-0.3, -0.25) is 4.90 Å². The summed E-state index contributed by atoms with van der Waals surface area (Å²) in [7, 11) is 3.52. The number of ether oxygens (including phenoxy) is 2. The number of methoxy groups -OCH3 is 1. The number of hydrogen-bond donors (Lipinski definition) is 1. The number of benzene rings is 2. The van der Waals surface area contributed by atoms with E-state index in [-0.39, 0.29) is 0 Å². The average molecular weight is 490 g/mol. The highest BCUT2D eigenvalue weighted by Crippen LogP contribution is 2.35. The molecule has 2 aromatic carbocycles.